The molecule has 1 aromatic rings. The summed E-state index contributed by atoms with van der Waals surface area (Å²) in [4.78, 5) is 4.25. The number of thiazole rings is 1. The van der Waals surface area contributed by atoms with Gasteiger partial charge in [0.1, 0.15) is 0 Å². The number of β-amino-alcohol motifs (C(OH)–C–C–N with tert-alkyl or cyclic N) is 1. The van der Waals surface area contributed by atoms with E-state index in [0.29, 0.717) is 5.92 Å². The molecule has 1 fully saturated rings. The fourth-order valence-corrected chi connectivity index (χ4v) is 2.93. The molecule has 0 amide bonds. The Labute approximate surface area is 89.3 Å². The monoisotopic (exact) mass is 262 g/mol. The minimum Gasteiger partial charge on any atom is -0.391 e. The van der Waals surface area contributed by atoms with Crippen LogP contribution in [0, 0.1) is 5.92 Å². The molecule has 72 valence electrons. The molecule has 1 saturated heterocycles. The smallest absolute Gasteiger partial charge is 0.0941 e. The summed E-state index contributed by atoms with van der Waals surface area (Å²) in [5, 5.41) is 13.8. The van der Waals surface area contributed by atoms with Gasteiger partial charge < -0.3 is 10.4 Å². The zero-order chi connectivity index (χ0) is 9.26. The van der Waals surface area contributed by atoms with Crippen molar-refractivity contribution in [2.24, 2.45) is 5.92 Å². The molecule has 0 saturated carbocycles. The van der Waals surface area contributed by atoms with Gasteiger partial charge in [-0.15, -0.1) is 11.3 Å². The summed E-state index contributed by atoms with van der Waals surface area (Å²) < 4.78 is 1.06. The van der Waals surface area contributed by atoms with Crippen LogP contribution in [-0.4, -0.2) is 29.3 Å². The molecule has 0 bridgehead atoms. The van der Waals surface area contributed by atoms with E-state index in [1.165, 1.54) is 0 Å². The third-order valence-corrected chi connectivity index (χ3v) is 3.76. The van der Waals surface area contributed by atoms with Crippen molar-refractivity contribution in [3.05, 3.63) is 15.0 Å². The molecule has 2 heterocycles. The molecular formula is C8H11BrN2OS. The average molecular weight is 263 g/mol. The SMILES string of the molecule is O[C@@H]1CNC[C@H]1Cc1ncc(Br)s1. The summed E-state index contributed by atoms with van der Waals surface area (Å²) in [5.74, 6) is 0.332. The third-order valence-electron chi connectivity index (χ3n) is 2.27. The highest BCUT2D eigenvalue weighted by Gasteiger charge is 2.25. The number of aromatic nitrogens is 1. The van der Waals surface area contributed by atoms with Crippen LogP contribution in [0.5, 0.6) is 0 Å². The molecule has 2 rings (SSSR count). The van der Waals surface area contributed by atoms with Gasteiger partial charge in [0, 0.05) is 25.4 Å². The zero-order valence-electron chi connectivity index (χ0n) is 7.03. The first-order valence-electron chi connectivity index (χ1n) is 4.24. The van der Waals surface area contributed by atoms with E-state index in [9.17, 15) is 5.11 Å². The van der Waals surface area contributed by atoms with Gasteiger partial charge in [-0.1, -0.05) is 0 Å². The number of hydrogen-bond acceptors (Lipinski definition) is 4. The maximum atomic E-state index is 9.56. The van der Waals surface area contributed by atoms with Crippen LogP contribution in [0.4, 0.5) is 0 Å². The fourth-order valence-electron chi connectivity index (χ4n) is 1.53. The number of aliphatic hydroxyl groups is 1. The van der Waals surface area contributed by atoms with E-state index in [2.05, 4.69) is 26.2 Å². The Kier molecular flexibility index (Phi) is 2.98. The quantitative estimate of drug-likeness (QED) is 0.837. The van der Waals surface area contributed by atoms with Crippen molar-refractivity contribution in [2.75, 3.05) is 13.1 Å². The van der Waals surface area contributed by atoms with Crippen LogP contribution < -0.4 is 5.32 Å². The van der Waals surface area contributed by atoms with Gasteiger partial charge in [0.15, 0.2) is 0 Å². The number of rotatable bonds is 2. The van der Waals surface area contributed by atoms with Gasteiger partial charge in [0.2, 0.25) is 0 Å². The van der Waals surface area contributed by atoms with Crippen molar-refractivity contribution in [2.45, 2.75) is 12.5 Å². The molecule has 1 aliphatic heterocycles. The lowest BCUT2D eigenvalue weighted by Crippen LogP contribution is -2.19. The molecule has 3 nitrogen and oxygen atoms in total. The lowest BCUT2D eigenvalue weighted by molar-refractivity contribution is 0.147. The van der Waals surface area contributed by atoms with E-state index in [0.717, 1.165) is 28.3 Å². The van der Waals surface area contributed by atoms with Crippen molar-refractivity contribution < 1.29 is 5.11 Å². The first-order chi connectivity index (χ1) is 6.25. The highest BCUT2D eigenvalue weighted by molar-refractivity contribution is 9.11. The van der Waals surface area contributed by atoms with E-state index in [1.54, 1.807) is 11.3 Å². The first-order valence-corrected chi connectivity index (χ1v) is 5.85. The topological polar surface area (TPSA) is 45.1 Å². The summed E-state index contributed by atoms with van der Waals surface area (Å²) in [6, 6.07) is 0. The van der Waals surface area contributed by atoms with Crippen LogP contribution in [0.2, 0.25) is 0 Å². The second kappa shape index (κ2) is 4.04. The highest BCUT2D eigenvalue weighted by Crippen LogP contribution is 2.23. The Hall–Kier alpha value is 0.0300. The lowest BCUT2D eigenvalue weighted by atomic mass is 10.0. The average Bonchev–Trinajstić information content (AvgIpc) is 2.64. The van der Waals surface area contributed by atoms with Gasteiger partial charge in [0.05, 0.1) is 21.1 Å². The van der Waals surface area contributed by atoms with Crippen molar-refractivity contribution in [3.8, 4) is 0 Å². The normalized spacial score (nSPS) is 28.2. The van der Waals surface area contributed by atoms with Gasteiger partial charge in [-0.3, -0.25) is 0 Å². The van der Waals surface area contributed by atoms with Gasteiger partial charge in [-0.25, -0.2) is 4.98 Å². The molecule has 1 aliphatic rings. The summed E-state index contributed by atoms with van der Waals surface area (Å²) in [6.45, 7) is 1.62. The molecular weight excluding hydrogens is 252 g/mol. The van der Waals surface area contributed by atoms with Crippen LogP contribution in [0.15, 0.2) is 9.98 Å². The molecule has 0 spiro atoms. The van der Waals surface area contributed by atoms with E-state index in [4.69, 9.17) is 0 Å². The van der Waals surface area contributed by atoms with E-state index < -0.39 is 0 Å². The molecule has 0 radical (unpaired) electrons. The minimum absolute atomic E-state index is 0.206. The standard InChI is InChI=1S/C8H11BrN2OS/c9-7-4-11-8(13-7)1-5-2-10-3-6(5)12/h4-6,10,12H,1-3H2/t5-,6-/m1/s1. The molecule has 1 aromatic heterocycles. The molecule has 0 aromatic carbocycles. The fraction of sp³-hybridized carbons (Fsp3) is 0.625. The third kappa shape index (κ3) is 2.28. The van der Waals surface area contributed by atoms with Gasteiger partial charge in [-0.05, 0) is 15.9 Å². The molecule has 2 N–H and O–H groups in total. The summed E-state index contributed by atoms with van der Waals surface area (Å²) >= 11 is 5.02. The Bertz CT molecular complexity index is 291. The van der Waals surface area contributed by atoms with E-state index in [-0.39, 0.29) is 6.10 Å². The Morgan fingerprint density at radius 3 is 3.08 bits per heavy atom. The maximum Gasteiger partial charge on any atom is 0.0941 e. The van der Waals surface area contributed by atoms with Crippen LogP contribution in [-0.2, 0) is 6.42 Å². The van der Waals surface area contributed by atoms with Crippen molar-refractivity contribution in [1.82, 2.24) is 10.3 Å². The van der Waals surface area contributed by atoms with Gasteiger partial charge in [0.25, 0.3) is 0 Å². The lowest BCUT2D eigenvalue weighted by Gasteiger charge is -2.10. The van der Waals surface area contributed by atoms with Crippen LogP contribution >= 0.6 is 27.3 Å². The number of hydrogen-bond donors (Lipinski definition) is 2. The van der Waals surface area contributed by atoms with Gasteiger partial charge in [-0.2, -0.15) is 0 Å². The van der Waals surface area contributed by atoms with Crippen LogP contribution in [0.3, 0.4) is 0 Å². The molecule has 0 unspecified atom stereocenters. The number of halogens is 1. The Balaban J connectivity index is 1.97. The van der Waals surface area contributed by atoms with Crippen LogP contribution in [0.1, 0.15) is 5.01 Å². The molecule has 13 heavy (non-hydrogen) atoms. The number of aliphatic hydroxyl groups excluding tert-OH is 1. The minimum atomic E-state index is -0.206. The Morgan fingerprint density at radius 2 is 2.54 bits per heavy atom. The highest BCUT2D eigenvalue weighted by atomic mass is 79.9. The first kappa shape index (κ1) is 9.58. The summed E-state index contributed by atoms with van der Waals surface area (Å²) in [6.07, 6.45) is 2.49. The second-order valence-electron chi connectivity index (χ2n) is 3.25. The van der Waals surface area contributed by atoms with E-state index >= 15 is 0 Å². The zero-order valence-corrected chi connectivity index (χ0v) is 9.44. The molecule has 0 aliphatic carbocycles. The van der Waals surface area contributed by atoms with Gasteiger partial charge >= 0.3 is 0 Å². The molecule has 5 heteroatoms. The molecule has 2 atom stereocenters. The van der Waals surface area contributed by atoms with Crippen molar-refractivity contribution in [1.29, 1.82) is 0 Å². The Morgan fingerprint density at radius 1 is 1.69 bits per heavy atom. The predicted molar refractivity (Wildman–Crippen MR) is 55.9 cm³/mol. The number of nitrogens with zero attached hydrogens (tertiary/aromatic N) is 1. The largest absolute Gasteiger partial charge is 0.391 e. The maximum absolute atomic E-state index is 9.56. The van der Waals surface area contributed by atoms with Crippen molar-refractivity contribution in [3.63, 3.8) is 0 Å². The summed E-state index contributed by atoms with van der Waals surface area (Å²) in [7, 11) is 0. The van der Waals surface area contributed by atoms with Crippen molar-refractivity contribution >= 4 is 27.3 Å². The number of nitrogens with one attached hydrogen (secondary N) is 1. The second-order valence-corrected chi connectivity index (χ2v) is 5.74. The summed E-state index contributed by atoms with van der Waals surface area (Å²) in [5.41, 5.74) is 0. The van der Waals surface area contributed by atoms with E-state index in [1.807, 2.05) is 6.20 Å². The van der Waals surface area contributed by atoms with Crippen LogP contribution in [0.25, 0.3) is 0 Å². The predicted octanol–water partition coefficient (Wildman–Crippen LogP) is 1.03.